The highest BCUT2D eigenvalue weighted by Crippen LogP contribution is 2.48. The maximum absolute atomic E-state index is 2.51. The van der Waals surface area contributed by atoms with Gasteiger partial charge in [0.25, 0.3) is 0 Å². The predicted octanol–water partition coefficient (Wildman–Crippen LogP) is 24.1. The van der Waals surface area contributed by atoms with E-state index in [0.717, 1.165) is 67.1 Å². The molecule has 4 aromatic heterocycles. The van der Waals surface area contributed by atoms with Gasteiger partial charge in [0.2, 0.25) is 0 Å². The number of nitrogens with zero attached hydrogens (tertiary/aromatic N) is 4. The zero-order chi connectivity index (χ0) is 61.8. The minimum atomic E-state index is 1.11. The summed E-state index contributed by atoms with van der Waals surface area (Å²) in [4.78, 5) is 0. The summed E-state index contributed by atoms with van der Waals surface area (Å²) in [5, 5.41) is 9.82. The summed E-state index contributed by atoms with van der Waals surface area (Å²) in [5.41, 5.74) is 28.0. The molecule has 0 N–H and O–H groups in total. The lowest BCUT2D eigenvalue weighted by Crippen LogP contribution is -1.98. The van der Waals surface area contributed by atoms with E-state index in [4.69, 9.17) is 0 Å². The van der Waals surface area contributed by atoms with Gasteiger partial charge in [-0.15, -0.1) is 0 Å². The summed E-state index contributed by atoms with van der Waals surface area (Å²) in [5.74, 6) is 0. The zero-order valence-electron chi connectivity index (χ0n) is 51.3. The van der Waals surface area contributed by atoms with Gasteiger partial charge in [0.1, 0.15) is 0 Å². The molecule has 0 aliphatic rings. The fraction of sp³-hybridized carbons (Fsp3) is 0. The third kappa shape index (κ3) is 8.33. The second-order valence-electron chi connectivity index (χ2n) is 24.7. The normalized spacial score (nSPS) is 11.8. The number of para-hydroxylation sites is 6. The lowest BCUT2D eigenvalue weighted by Gasteiger charge is -2.15. The Labute approximate surface area is 543 Å². The molecule has 0 atom stereocenters. The lowest BCUT2D eigenvalue weighted by atomic mass is 9.96. The van der Waals surface area contributed by atoms with Crippen molar-refractivity contribution in [1.82, 2.24) is 18.3 Å². The number of hydrogen-bond acceptors (Lipinski definition) is 0. The highest BCUT2D eigenvalue weighted by molar-refractivity contribution is 6.31. The van der Waals surface area contributed by atoms with Crippen LogP contribution in [0.2, 0.25) is 0 Å². The summed E-state index contributed by atoms with van der Waals surface area (Å²) in [6, 6.07) is 130. The summed E-state index contributed by atoms with van der Waals surface area (Å²) in [6.45, 7) is 0. The third-order valence-electron chi connectivity index (χ3n) is 19.6. The van der Waals surface area contributed by atoms with Gasteiger partial charge in [-0.2, -0.15) is 0 Å². The van der Waals surface area contributed by atoms with E-state index in [2.05, 4.69) is 370 Å². The number of aromatic nitrogens is 4. The van der Waals surface area contributed by atoms with Crippen molar-refractivity contribution >= 4 is 87.2 Å². The van der Waals surface area contributed by atoms with Crippen LogP contribution in [-0.2, 0) is 0 Å². The van der Waals surface area contributed by atoms with Gasteiger partial charge in [-0.3, -0.25) is 0 Å². The molecule has 0 aliphatic heterocycles. The van der Waals surface area contributed by atoms with E-state index in [9.17, 15) is 0 Å². The number of rotatable bonds is 10. The first-order valence-corrected chi connectivity index (χ1v) is 32.4. The fourth-order valence-corrected chi connectivity index (χ4v) is 15.5. The van der Waals surface area contributed by atoms with E-state index >= 15 is 0 Å². The van der Waals surface area contributed by atoms with Gasteiger partial charge < -0.3 is 18.3 Å². The summed E-state index contributed by atoms with van der Waals surface area (Å²) in [7, 11) is 0. The van der Waals surface area contributed by atoms with E-state index in [1.165, 1.54) is 110 Å². The quantitative estimate of drug-likeness (QED) is 0.130. The van der Waals surface area contributed by atoms with Crippen molar-refractivity contribution in [2.24, 2.45) is 0 Å². The van der Waals surface area contributed by atoms with Crippen LogP contribution in [0.4, 0.5) is 0 Å². The molecule has 0 saturated carbocycles. The van der Waals surface area contributed by atoms with E-state index in [-0.39, 0.29) is 0 Å². The molecule has 15 aromatic carbocycles. The predicted molar refractivity (Wildman–Crippen MR) is 396 cm³/mol. The van der Waals surface area contributed by atoms with Gasteiger partial charge in [-0.1, -0.05) is 255 Å². The molecule has 19 aromatic rings. The molecule has 4 nitrogen and oxygen atoms in total. The van der Waals surface area contributed by atoms with Crippen LogP contribution in [0.1, 0.15) is 0 Å². The van der Waals surface area contributed by atoms with Crippen LogP contribution in [0.3, 0.4) is 0 Å². The van der Waals surface area contributed by atoms with Gasteiger partial charge in [0, 0.05) is 65.5 Å². The van der Waals surface area contributed by atoms with Crippen LogP contribution < -0.4 is 0 Å². The summed E-state index contributed by atoms with van der Waals surface area (Å²) < 4.78 is 9.96. The van der Waals surface area contributed by atoms with E-state index < -0.39 is 0 Å². The highest BCUT2D eigenvalue weighted by atomic mass is 15.0. The Hall–Kier alpha value is -12.5. The SMILES string of the molecule is c1ccc(-c2ccc(-n3c4ccc(-c5cccc(-c6ccccc6-n6c7ccccc7c7c8c9ccccc9n(-c9ccccc9-c9ccccc9)c8ccc76)c5)cc4c4c5c6ccccc6n(-c6ccccc6-c6cccc(-c7ccccc7)c6)c5ccc43)cc2)cc1. The molecule has 0 bridgehead atoms. The standard InChI is InChI=1S/C90H58N4/c1-4-24-59(25-5-1)61-46-49-68(50-47-61)91-82-51-48-65(58-75(82)90-83(91)52-53-86-89(90)74-39-15-21-45-81(74)94(86)77-41-17-11-35-70(77)66-32-22-30-63(56-66)60-26-6-2-7-27-60)64-31-23-33-67(57-64)71-36-12-18-42-78(71)93-80-44-20-14-38-73(80)88-85(93)55-54-84-87(88)72-37-13-19-43-79(72)92(84)76-40-16-10-34-69(76)62-28-8-3-9-29-62/h1-58H. The Morgan fingerprint density at radius 3 is 0.904 bits per heavy atom. The Morgan fingerprint density at radius 1 is 0.149 bits per heavy atom. The molecule has 4 heteroatoms. The summed E-state index contributed by atoms with van der Waals surface area (Å²) in [6.07, 6.45) is 0. The third-order valence-corrected chi connectivity index (χ3v) is 19.6. The Bertz CT molecular complexity index is 6200. The first-order chi connectivity index (χ1) is 46.7. The van der Waals surface area contributed by atoms with Crippen molar-refractivity contribution in [3.63, 3.8) is 0 Å². The van der Waals surface area contributed by atoms with E-state index in [1.807, 2.05) is 0 Å². The fourth-order valence-electron chi connectivity index (χ4n) is 15.5. The van der Waals surface area contributed by atoms with E-state index in [0.29, 0.717) is 0 Å². The molecule has 0 unspecified atom stereocenters. The van der Waals surface area contributed by atoms with Crippen molar-refractivity contribution in [3.8, 4) is 89.5 Å². The van der Waals surface area contributed by atoms with Gasteiger partial charge in [-0.05, 0) is 147 Å². The van der Waals surface area contributed by atoms with Crippen molar-refractivity contribution in [2.45, 2.75) is 0 Å². The second-order valence-corrected chi connectivity index (χ2v) is 24.7. The van der Waals surface area contributed by atoms with Crippen molar-refractivity contribution in [3.05, 3.63) is 352 Å². The Kier molecular flexibility index (Phi) is 12.3. The molecule has 0 aliphatic carbocycles. The molecule has 0 fully saturated rings. The van der Waals surface area contributed by atoms with Crippen LogP contribution in [0.15, 0.2) is 352 Å². The molecule has 438 valence electrons. The van der Waals surface area contributed by atoms with Crippen LogP contribution in [-0.4, -0.2) is 18.3 Å². The minimum absolute atomic E-state index is 1.11. The van der Waals surface area contributed by atoms with E-state index in [1.54, 1.807) is 0 Å². The average molecular weight is 1200 g/mol. The minimum Gasteiger partial charge on any atom is -0.309 e. The molecule has 0 amide bonds. The van der Waals surface area contributed by atoms with Gasteiger partial charge >= 0.3 is 0 Å². The maximum Gasteiger partial charge on any atom is 0.0549 e. The van der Waals surface area contributed by atoms with Crippen LogP contribution in [0, 0.1) is 0 Å². The number of fused-ring (bicyclic) bond motifs is 14. The van der Waals surface area contributed by atoms with Crippen LogP contribution >= 0.6 is 0 Å². The molecule has 19 rings (SSSR count). The van der Waals surface area contributed by atoms with Crippen molar-refractivity contribution in [2.75, 3.05) is 0 Å². The molecule has 94 heavy (non-hydrogen) atoms. The average Bonchev–Trinajstić information content (AvgIpc) is 1.56. The largest absolute Gasteiger partial charge is 0.309 e. The van der Waals surface area contributed by atoms with Crippen molar-refractivity contribution < 1.29 is 0 Å². The van der Waals surface area contributed by atoms with Crippen LogP contribution in [0.5, 0.6) is 0 Å². The molecule has 0 radical (unpaired) electrons. The highest BCUT2D eigenvalue weighted by Gasteiger charge is 2.26. The lowest BCUT2D eigenvalue weighted by molar-refractivity contribution is 1.17. The molecule has 0 saturated heterocycles. The second kappa shape index (κ2) is 21.6. The number of benzene rings is 15. The summed E-state index contributed by atoms with van der Waals surface area (Å²) >= 11 is 0. The van der Waals surface area contributed by atoms with Gasteiger partial charge in [-0.25, -0.2) is 0 Å². The topological polar surface area (TPSA) is 19.7 Å². The zero-order valence-corrected chi connectivity index (χ0v) is 51.3. The number of hydrogen-bond donors (Lipinski definition) is 0. The van der Waals surface area contributed by atoms with Crippen LogP contribution in [0.25, 0.3) is 177 Å². The molecular formula is C90H58N4. The molecular weight excluding hydrogens is 1140 g/mol. The monoisotopic (exact) mass is 1190 g/mol. The Balaban J connectivity index is 0.793. The Morgan fingerprint density at radius 2 is 0.436 bits per heavy atom. The first-order valence-electron chi connectivity index (χ1n) is 32.4. The maximum atomic E-state index is 2.51. The first kappa shape index (κ1) is 53.3. The molecule has 0 spiro atoms. The smallest absolute Gasteiger partial charge is 0.0549 e. The van der Waals surface area contributed by atoms with Crippen molar-refractivity contribution in [1.29, 1.82) is 0 Å². The van der Waals surface area contributed by atoms with Gasteiger partial charge in [0.05, 0.1) is 61.2 Å². The van der Waals surface area contributed by atoms with Gasteiger partial charge in [0.15, 0.2) is 0 Å². The molecule has 4 heterocycles.